The van der Waals surface area contributed by atoms with Gasteiger partial charge in [-0.05, 0) is 48.9 Å². The molecule has 7 nitrogen and oxygen atoms in total. The molecular weight excluding hydrogens is 466 g/mol. The van der Waals surface area contributed by atoms with Gasteiger partial charge in [0.1, 0.15) is 4.88 Å². The Bertz CT molecular complexity index is 1410. The summed E-state index contributed by atoms with van der Waals surface area (Å²) in [6.45, 7) is 2.66. The fourth-order valence-corrected chi connectivity index (χ4v) is 6.37. The third kappa shape index (κ3) is 3.35. The average molecular weight is 484 g/mol. The van der Waals surface area contributed by atoms with E-state index in [2.05, 4.69) is 20.6 Å². The Hall–Kier alpha value is -2.62. The molecule has 10 heteroatoms. The van der Waals surface area contributed by atoms with E-state index in [-0.39, 0.29) is 17.2 Å². The Kier molecular flexibility index (Phi) is 4.85. The summed E-state index contributed by atoms with van der Waals surface area (Å²) < 4.78 is 7.13. The second-order valence-electron chi connectivity index (χ2n) is 7.84. The lowest BCUT2D eigenvalue weighted by molar-refractivity contribution is 0.0949. The molecule has 0 saturated heterocycles. The van der Waals surface area contributed by atoms with Gasteiger partial charge in [0.25, 0.3) is 5.91 Å². The normalized spacial score (nSPS) is 17.9. The molecule has 0 fully saturated rings. The topological polar surface area (TPSA) is 89.0 Å². The second kappa shape index (κ2) is 7.75. The summed E-state index contributed by atoms with van der Waals surface area (Å²) in [6, 6.07) is 7.86. The zero-order valence-electron chi connectivity index (χ0n) is 17.1. The summed E-state index contributed by atoms with van der Waals surface area (Å²) in [7, 11) is 0. The van der Waals surface area contributed by atoms with E-state index in [1.807, 2.05) is 43.0 Å². The molecule has 6 rings (SSSR count). The van der Waals surface area contributed by atoms with Crippen LogP contribution in [0.15, 0.2) is 24.3 Å². The number of rotatable bonds is 2. The van der Waals surface area contributed by atoms with E-state index in [9.17, 15) is 4.79 Å². The van der Waals surface area contributed by atoms with Gasteiger partial charge in [0.05, 0.1) is 16.9 Å². The highest BCUT2D eigenvalue weighted by molar-refractivity contribution is 7.98. The van der Waals surface area contributed by atoms with Gasteiger partial charge in [0.15, 0.2) is 0 Å². The minimum Gasteiger partial charge on any atom is -0.420 e. The van der Waals surface area contributed by atoms with Gasteiger partial charge in [-0.25, -0.2) is 9.97 Å². The molecule has 3 aromatic heterocycles. The highest BCUT2D eigenvalue weighted by Crippen LogP contribution is 2.41. The molecule has 0 radical (unpaired) electrons. The number of carbonyl (C=O) groups is 1. The first-order chi connectivity index (χ1) is 15.6. The maximum Gasteiger partial charge on any atom is 0.263 e. The van der Waals surface area contributed by atoms with Gasteiger partial charge in [-0.3, -0.25) is 4.79 Å². The smallest absolute Gasteiger partial charge is 0.263 e. The van der Waals surface area contributed by atoms with Crippen molar-refractivity contribution in [3.05, 3.63) is 45.7 Å². The van der Waals surface area contributed by atoms with E-state index in [0.717, 1.165) is 55.9 Å². The van der Waals surface area contributed by atoms with Crippen LogP contribution in [0.5, 0.6) is 11.8 Å². The summed E-state index contributed by atoms with van der Waals surface area (Å²) in [5.41, 5.74) is 3.59. The number of thioether (sulfide) groups is 1. The zero-order valence-corrected chi connectivity index (χ0v) is 19.5. The molecule has 0 saturated carbocycles. The highest BCUT2D eigenvalue weighted by atomic mass is 35.5. The van der Waals surface area contributed by atoms with E-state index < -0.39 is 0 Å². The number of thiophene rings is 1. The lowest BCUT2D eigenvalue weighted by Gasteiger charge is -2.17. The van der Waals surface area contributed by atoms with Crippen molar-refractivity contribution in [2.24, 2.45) is 0 Å². The summed E-state index contributed by atoms with van der Waals surface area (Å²) in [5.74, 6) is 2.69. The third-order valence-electron chi connectivity index (χ3n) is 5.62. The van der Waals surface area contributed by atoms with Crippen LogP contribution in [0.4, 0.5) is 5.69 Å². The summed E-state index contributed by atoms with van der Waals surface area (Å²) >= 11 is 9.45. The fraction of sp³-hybridized carbons (Fsp3) is 0.273. The molecule has 32 heavy (non-hydrogen) atoms. The standard InChI is InChI=1S/C22H18ClN5O2S2/c1-10-8-24-18-17-11-2-5-16(26-13(11)3-4-15(17)32-19(18)20(29)25-10)30-21-12-9-31-7-6-14(12)27-22(23)28-21/h2-5,10,24H,6-9H2,1H3,(H,25,29)/t10-/m1/s1. The van der Waals surface area contributed by atoms with Gasteiger partial charge in [-0.1, -0.05) is 0 Å². The van der Waals surface area contributed by atoms with E-state index >= 15 is 0 Å². The fourth-order valence-electron chi connectivity index (χ4n) is 4.12. The maximum atomic E-state index is 12.6. The highest BCUT2D eigenvalue weighted by Gasteiger charge is 2.25. The van der Waals surface area contributed by atoms with Crippen LogP contribution in [0, 0.1) is 0 Å². The van der Waals surface area contributed by atoms with Gasteiger partial charge in [-0.2, -0.15) is 16.7 Å². The number of aryl methyl sites for hydroxylation is 1. The van der Waals surface area contributed by atoms with Crippen LogP contribution >= 0.6 is 34.7 Å². The van der Waals surface area contributed by atoms with Crippen molar-refractivity contribution in [2.75, 3.05) is 17.6 Å². The number of fused-ring (bicyclic) bond motifs is 6. The lowest BCUT2D eigenvalue weighted by atomic mass is 10.1. The molecule has 2 aliphatic heterocycles. The monoisotopic (exact) mass is 483 g/mol. The number of amides is 1. The van der Waals surface area contributed by atoms with Crippen LogP contribution in [0.1, 0.15) is 27.9 Å². The van der Waals surface area contributed by atoms with Crippen molar-refractivity contribution >= 4 is 67.3 Å². The molecule has 162 valence electrons. The van der Waals surface area contributed by atoms with Crippen LogP contribution in [-0.2, 0) is 12.2 Å². The predicted octanol–water partition coefficient (Wildman–Crippen LogP) is 5.02. The molecule has 5 heterocycles. The predicted molar refractivity (Wildman–Crippen MR) is 130 cm³/mol. The average Bonchev–Trinajstić information content (AvgIpc) is 3.10. The van der Waals surface area contributed by atoms with E-state index in [1.54, 1.807) is 0 Å². The lowest BCUT2D eigenvalue weighted by Crippen LogP contribution is -2.34. The molecule has 4 aromatic rings. The van der Waals surface area contributed by atoms with Crippen LogP contribution in [0.25, 0.3) is 21.0 Å². The van der Waals surface area contributed by atoms with Crippen LogP contribution < -0.4 is 15.4 Å². The zero-order chi connectivity index (χ0) is 21.8. The molecular formula is C22H18ClN5O2S2. The van der Waals surface area contributed by atoms with E-state index in [1.165, 1.54) is 11.3 Å². The van der Waals surface area contributed by atoms with Crippen molar-refractivity contribution < 1.29 is 9.53 Å². The number of hydrogen-bond acceptors (Lipinski definition) is 8. The number of anilines is 1. The Morgan fingerprint density at radius 2 is 2.09 bits per heavy atom. The molecule has 0 unspecified atom stereocenters. The number of nitrogens with one attached hydrogen (secondary N) is 2. The molecule has 2 aliphatic rings. The summed E-state index contributed by atoms with van der Waals surface area (Å²) in [5, 5.41) is 8.65. The largest absolute Gasteiger partial charge is 0.420 e. The van der Waals surface area contributed by atoms with Crippen molar-refractivity contribution in [2.45, 2.75) is 25.1 Å². The first-order valence-electron chi connectivity index (χ1n) is 10.3. The number of nitrogens with zero attached hydrogens (tertiary/aromatic N) is 3. The number of pyridine rings is 1. The van der Waals surface area contributed by atoms with Gasteiger partial charge in [0.2, 0.25) is 17.0 Å². The molecule has 2 N–H and O–H groups in total. The number of aromatic nitrogens is 3. The second-order valence-corrected chi connectivity index (χ2v) is 10.3. The molecule has 0 bridgehead atoms. The first kappa shape index (κ1) is 20.0. The van der Waals surface area contributed by atoms with Crippen molar-refractivity contribution in [3.63, 3.8) is 0 Å². The first-order valence-corrected chi connectivity index (χ1v) is 12.6. The van der Waals surface area contributed by atoms with E-state index in [4.69, 9.17) is 21.3 Å². The summed E-state index contributed by atoms with van der Waals surface area (Å²) in [6.07, 6.45) is 0.851. The maximum absolute atomic E-state index is 12.6. The quantitative estimate of drug-likeness (QED) is 0.387. The van der Waals surface area contributed by atoms with Crippen LogP contribution in [-0.4, -0.2) is 39.2 Å². The van der Waals surface area contributed by atoms with E-state index in [0.29, 0.717) is 23.2 Å². The van der Waals surface area contributed by atoms with Crippen LogP contribution in [0.2, 0.25) is 5.28 Å². The van der Waals surface area contributed by atoms with Crippen molar-refractivity contribution in [3.8, 4) is 11.8 Å². The Labute approximate surface area is 196 Å². The molecule has 1 atom stereocenters. The minimum atomic E-state index is -0.0388. The van der Waals surface area contributed by atoms with Crippen LogP contribution in [0.3, 0.4) is 0 Å². The number of hydrogen-bond donors (Lipinski definition) is 2. The van der Waals surface area contributed by atoms with Crippen molar-refractivity contribution in [1.82, 2.24) is 20.3 Å². The molecule has 1 aromatic carbocycles. The Balaban J connectivity index is 1.44. The molecule has 1 amide bonds. The SMILES string of the molecule is C[C@@H]1CNc2c(sc3ccc4nc(Oc5nc(Cl)nc6c5CSCC6)ccc4c23)C(=O)N1. The summed E-state index contributed by atoms with van der Waals surface area (Å²) in [4.78, 5) is 26.7. The Morgan fingerprint density at radius 1 is 1.19 bits per heavy atom. The molecule has 0 spiro atoms. The number of halogens is 1. The van der Waals surface area contributed by atoms with Gasteiger partial charge >= 0.3 is 0 Å². The third-order valence-corrected chi connectivity index (χ3v) is 7.93. The van der Waals surface area contributed by atoms with Gasteiger partial charge in [0, 0.05) is 45.4 Å². The molecule has 0 aliphatic carbocycles. The number of carbonyl (C=O) groups excluding carboxylic acids is 1. The van der Waals surface area contributed by atoms with Gasteiger partial charge < -0.3 is 15.4 Å². The number of benzene rings is 1. The van der Waals surface area contributed by atoms with Gasteiger partial charge in [-0.15, -0.1) is 11.3 Å². The number of ether oxygens (including phenoxy) is 1. The Morgan fingerprint density at radius 3 is 3.00 bits per heavy atom. The van der Waals surface area contributed by atoms with Crippen molar-refractivity contribution in [1.29, 1.82) is 0 Å². The minimum absolute atomic E-state index is 0.0388.